The van der Waals surface area contributed by atoms with E-state index in [1.807, 2.05) is 41.0 Å². The van der Waals surface area contributed by atoms with E-state index < -0.39 is 0 Å². The molecule has 130 valence electrons. The molecule has 0 aliphatic carbocycles. The first-order valence-electron chi connectivity index (χ1n) is 8.48. The third kappa shape index (κ3) is 2.95. The van der Waals surface area contributed by atoms with Crippen molar-refractivity contribution in [2.45, 2.75) is 19.9 Å². The summed E-state index contributed by atoms with van der Waals surface area (Å²) < 4.78 is 3.68. The van der Waals surface area contributed by atoms with Crippen LogP contribution in [0.4, 0.5) is 5.95 Å². The van der Waals surface area contributed by atoms with Crippen molar-refractivity contribution in [1.82, 2.24) is 24.3 Å². The van der Waals surface area contributed by atoms with E-state index in [1.165, 1.54) is 6.33 Å². The van der Waals surface area contributed by atoms with Gasteiger partial charge >= 0.3 is 0 Å². The topological polar surface area (TPSA) is 77.6 Å². The summed E-state index contributed by atoms with van der Waals surface area (Å²) in [6.07, 6.45) is 4.04. The molecule has 0 spiro atoms. The van der Waals surface area contributed by atoms with Gasteiger partial charge in [0.1, 0.15) is 12.7 Å². The molecule has 4 rings (SSSR count). The maximum atomic E-state index is 12.6. The molecule has 2 aromatic heterocycles. The monoisotopic (exact) mass is 346 g/mol. The number of aromatic nitrogens is 5. The van der Waals surface area contributed by atoms with Gasteiger partial charge in [0.15, 0.2) is 0 Å². The molecule has 1 N–H and O–H groups in total. The van der Waals surface area contributed by atoms with Gasteiger partial charge in [0, 0.05) is 12.1 Å². The summed E-state index contributed by atoms with van der Waals surface area (Å²) in [5, 5.41) is 7.01. The van der Waals surface area contributed by atoms with E-state index in [9.17, 15) is 4.79 Å². The van der Waals surface area contributed by atoms with Crippen LogP contribution in [0.2, 0.25) is 0 Å². The van der Waals surface area contributed by atoms with Gasteiger partial charge in [-0.3, -0.25) is 10.1 Å². The minimum absolute atomic E-state index is 0.192. The SMILES string of the molecule is CCCn1c(NC(=O)c2ccc(-n3cncn3)cc2)nc2ccccc21. The lowest BCUT2D eigenvalue weighted by molar-refractivity contribution is 0.102. The quantitative estimate of drug-likeness (QED) is 0.601. The number of carbonyl (C=O) groups is 1. The number of amides is 1. The Morgan fingerprint density at radius 3 is 2.65 bits per heavy atom. The normalized spacial score (nSPS) is 11.0. The minimum atomic E-state index is -0.192. The molecule has 26 heavy (non-hydrogen) atoms. The molecule has 0 saturated carbocycles. The van der Waals surface area contributed by atoms with Crippen molar-refractivity contribution in [3.05, 3.63) is 66.7 Å². The number of anilines is 1. The third-order valence-corrected chi connectivity index (χ3v) is 4.14. The Morgan fingerprint density at radius 2 is 1.92 bits per heavy atom. The number of nitrogens with one attached hydrogen (secondary N) is 1. The summed E-state index contributed by atoms with van der Waals surface area (Å²) >= 11 is 0. The van der Waals surface area contributed by atoms with Crippen LogP contribution in [0.25, 0.3) is 16.7 Å². The number of rotatable bonds is 5. The van der Waals surface area contributed by atoms with Crippen molar-refractivity contribution in [3.63, 3.8) is 0 Å². The van der Waals surface area contributed by atoms with Crippen molar-refractivity contribution in [2.24, 2.45) is 0 Å². The molecule has 0 fully saturated rings. The lowest BCUT2D eigenvalue weighted by atomic mass is 10.2. The first-order valence-corrected chi connectivity index (χ1v) is 8.48. The first-order chi connectivity index (χ1) is 12.8. The molecule has 2 heterocycles. The number of hydrogen-bond donors (Lipinski definition) is 1. The van der Waals surface area contributed by atoms with Crippen LogP contribution < -0.4 is 5.32 Å². The number of fused-ring (bicyclic) bond motifs is 1. The van der Waals surface area contributed by atoms with Crippen molar-refractivity contribution in [1.29, 1.82) is 0 Å². The molecule has 1 amide bonds. The fraction of sp³-hybridized carbons (Fsp3) is 0.158. The third-order valence-electron chi connectivity index (χ3n) is 4.14. The van der Waals surface area contributed by atoms with Crippen LogP contribution in [0.3, 0.4) is 0 Å². The van der Waals surface area contributed by atoms with E-state index in [-0.39, 0.29) is 5.91 Å². The smallest absolute Gasteiger partial charge is 0.257 e. The number of aryl methyl sites for hydroxylation is 1. The molecule has 0 unspecified atom stereocenters. The summed E-state index contributed by atoms with van der Waals surface area (Å²) in [6, 6.07) is 15.1. The summed E-state index contributed by atoms with van der Waals surface area (Å²) in [4.78, 5) is 21.1. The van der Waals surface area contributed by atoms with E-state index in [4.69, 9.17) is 0 Å². The second-order valence-corrected chi connectivity index (χ2v) is 5.92. The molecular formula is C19H18N6O. The maximum Gasteiger partial charge on any atom is 0.257 e. The number of imidazole rings is 1. The van der Waals surface area contributed by atoms with Gasteiger partial charge in [-0.1, -0.05) is 19.1 Å². The zero-order valence-electron chi connectivity index (χ0n) is 14.3. The van der Waals surface area contributed by atoms with E-state index in [0.717, 1.165) is 29.7 Å². The molecular weight excluding hydrogens is 328 g/mol. The Kier molecular flexibility index (Phi) is 4.18. The number of carbonyl (C=O) groups excluding carboxylic acids is 1. The Labute approximate surface area is 150 Å². The molecule has 2 aromatic carbocycles. The minimum Gasteiger partial charge on any atom is -0.310 e. The van der Waals surface area contributed by atoms with E-state index in [1.54, 1.807) is 23.1 Å². The summed E-state index contributed by atoms with van der Waals surface area (Å²) in [5.41, 5.74) is 3.30. The van der Waals surface area contributed by atoms with Crippen molar-refractivity contribution in [3.8, 4) is 5.69 Å². The van der Waals surface area contributed by atoms with E-state index in [2.05, 4.69) is 27.3 Å². The van der Waals surface area contributed by atoms with Gasteiger partial charge in [0.05, 0.1) is 16.7 Å². The van der Waals surface area contributed by atoms with Crippen molar-refractivity contribution in [2.75, 3.05) is 5.32 Å². The Balaban J connectivity index is 1.60. The van der Waals surface area contributed by atoms with Gasteiger partial charge in [-0.2, -0.15) is 5.10 Å². The molecule has 0 radical (unpaired) electrons. The zero-order valence-corrected chi connectivity index (χ0v) is 14.3. The highest BCUT2D eigenvalue weighted by atomic mass is 16.1. The first kappa shape index (κ1) is 16.0. The number of nitrogens with zero attached hydrogens (tertiary/aromatic N) is 5. The van der Waals surface area contributed by atoms with Gasteiger partial charge in [-0.05, 0) is 42.8 Å². The van der Waals surface area contributed by atoms with Crippen LogP contribution in [0, 0.1) is 0 Å². The van der Waals surface area contributed by atoms with Crippen LogP contribution in [0.5, 0.6) is 0 Å². The largest absolute Gasteiger partial charge is 0.310 e. The van der Waals surface area contributed by atoms with Gasteiger partial charge in [0.25, 0.3) is 5.91 Å². The maximum absolute atomic E-state index is 12.6. The lowest BCUT2D eigenvalue weighted by Gasteiger charge is -2.09. The highest BCUT2D eigenvalue weighted by molar-refractivity contribution is 6.04. The van der Waals surface area contributed by atoms with Crippen molar-refractivity contribution < 1.29 is 4.79 Å². The molecule has 0 aliphatic heterocycles. The van der Waals surface area contributed by atoms with Gasteiger partial charge < -0.3 is 4.57 Å². The highest BCUT2D eigenvalue weighted by Crippen LogP contribution is 2.20. The fourth-order valence-corrected chi connectivity index (χ4v) is 2.90. The Morgan fingerprint density at radius 1 is 1.12 bits per heavy atom. The van der Waals surface area contributed by atoms with Crippen LogP contribution in [-0.2, 0) is 6.54 Å². The second-order valence-electron chi connectivity index (χ2n) is 5.92. The number of para-hydroxylation sites is 2. The summed E-state index contributed by atoms with van der Waals surface area (Å²) in [6.45, 7) is 2.89. The van der Waals surface area contributed by atoms with Crippen LogP contribution in [0.1, 0.15) is 23.7 Å². The fourth-order valence-electron chi connectivity index (χ4n) is 2.90. The van der Waals surface area contributed by atoms with Gasteiger partial charge in [-0.25, -0.2) is 14.6 Å². The van der Waals surface area contributed by atoms with Crippen LogP contribution in [0.15, 0.2) is 61.2 Å². The molecule has 4 aromatic rings. The second kappa shape index (κ2) is 6.79. The Hall–Kier alpha value is -3.48. The highest BCUT2D eigenvalue weighted by Gasteiger charge is 2.14. The molecule has 7 nitrogen and oxygen atoms in total. The standard InChI is InChI=1S/C19H18N6O/c1-2-11-24-17-6-4-3-5-16(17)22-19(24)23-18(26)14-7-9-15(10-8-14)25-13-20-12-21-25/h3-10,12-13H,2,11H2,1H3,(H,22,23,26). The predicted octanol–water partition coefficient (Wildman–Crippen LogP) is 3.28. The van der Waals surface area contributed by atoms with Gasteiger partial charge in [0.2, 0.25) is 5.95 Å². The molecule has 0 saturated heterocycles. The zero-order chi connectivity index (χ0) is 17.9. The molecule has 0 bridgehead atoms. The van der Waals surface area contributed by atoms with Crippen LogP contribution in [-0.4, -0.2) is 30.2 Å². The summed E-state index contributed by atoms with van der Waals surface area (Å²) in [5.74, 6) is 0.376. The molecule has 7 heteroatoms. The van der Waals surface area contributed by atoms with E-state index in [0.29, 0.717) is 11.5 Å². The van der Waals surface area contributed by atoms with E-state index >= 15 is 0 Å². The summed E-state index contributed by atoms with van der Waals surface area (Å²) in [7, 11) is 0. The number of hydrogen-bond acceptors (Lipinski definition) is 4. The average Bonchev–Trinajstić information content (AvgIpc) is 3.31. The Bertz CT molecular complexity index is 1030. The van der Waals surface area contributed by atoms with Crippen molar-refractivity contribution >= 4 is 22.9 Å². The molecule has 0 aliphatic rings. The lowest BCUT2D eigenvalue weighted by Crippen LogP contribution is -2.16. The average molecular weight is 346 g/mol. The van der Waals surface area contributed by atoms with Crippen LogP contribution >= 0.6 is 0 Å². The predicted molar refractivity (Wildman–Crippen MR) is 99.3 cm³/mol. The molecule has 0 atom stereocenters. The number of benzene rings is 2. The van der Waals surface area contributed by atoms with Gasteiger partial charge in [-0.15, -0.1) is 0 Å².